The second-order valence-corrected chi connectivity index (χ2v) is 7.59. The lowest BCUT2D eigenvalue weighted by molar-refractivity contribution is 0.602. The van der Waals surface area contributed by atoms with Gasteiger partial charge in [0.2, 0.25) is 10.0 Å². The number of thioether (sulfide) groups is 1. The number of hydrogen-bond donors (Lipinski definition) is 2. The third kappa shape index (κ3) is 4.40. The van der Waals surface area contributed by atoms with Crippen LogP contribution in [0.5, 0.6) is 0 Å². The summed E-state index contributed by atoms with van der Waals surface area (Å²) in [5.41, 5.74) is 7.65. The number of nitrogen functional groups attached to an aromatic ring is 1. The molecule has 0 saturated carbocycles. The first kappa shape index (κ1) is 15.7. The zero-order valence-electron chi connectivity index (χ0n) is 11.9. The van der Waals surface area contributed by atoms with Crippen LogP contribution in [0.15, 0.2) is 35.4 Å². The van der Waals surface area contributed by atoms with E-state index in [-0.39, 0.29) is 5.75 Å². The predicted molar refractivity (Wildman–Crippen MR) is 86.9 cm³/mol. The largest absolute Gasteiger partial charge is 0.398 e. The van der Waals surface area contributed by atoms with Gasteiger partial charge in [-0.15, -0.1) is 11.8 Å². The summed E-state index contributed by atoms with van der Waals surface area (Å²) in [5.74, 6) is 0.448. The van der Waals surface area contributed by atoms with E-state index >= 15 is 0 Å². The molecular weight excluding hydrogens is 308 g/mol. The smallest absolute Gasteiger partial charge is 0.233 e. The Balaban J connectivity index is 1.93. The maximum atomic E-state index is 12.0. The highest BCUT2D eigenvalue weighted by Crippen LogP contribution is 2.24. The van der Waals surface area contributed by atoms with Crippen molar-refractivity contribution in [1.82, 2.24) is 9.78 Å². The fourth-order valence-corrected chi connectivity index (χ4v) is 4.27. The van der Waals surface area contributed by atoms with Crippen molar-refractivity contribution in [3.63, 3.8) is 0 Å². The molecule has 1 aromatic carbocycles. The van der Waals surface area contributed by atoms with Crippen LogP contribution in [0.4, 0.5) is 11.4 Å². The van der Waals surface area contributed by atoms with E-state index in [1.54, 1.807) is 30.9 Å². The van der Waals surface area contributed by atoms with Crippen LogP contribution in [0.2, 0.25) is 0 Å². The van der Waals surface area contributed by atoms with Crippen molar-refractivity contribution in [2.24, 2.45) is 7.05 Å². The third-order valence-corrected chi connectivity index (χ3v) is 5.43. The summed E-state index contributed by atoms with van der Waals surface area (Å²) in [6.07, 6.45) is 1.65. The van der Waals surface area contributed by atoms with Gasteiger partial charge in [-0.05, 0) is 19.1 Å². The Bertz CT molecular complexity index is 726. The minimum atomic E-state index is -3.39. The SMILES string of the molecule is Cc1nn(C)cc1NS(=O)(=O)CCSc1ccccc1N. The van der Waals surface area contributed by atoms with Crippen LogP contribution in [-0.2, 0) is 17.1 Å². The Labute approximate surface area is 128 Å². The minimum absolute atomic E-state index is 0.0142. The second-order valence-electron chi connectivity index (χ2n) is 4.61. The number of hydrogen-bond acceptors (Lipinski definition) is 5. The highest BCUT2D eigenvalue weighted by molar-refractivity contribution is 8.01. The molecule has 2 rings (SSSR count). The normalized spacial score (nSPS) is 11.5. The summed E-state index contributed by atoms with van der Waals surface area (Å²) in [6.45, 7) is 1.76. The fourth-order valence-electron chi connectivity index (χ4n) is 1.79. The Morgan fingerprint density at radius 1 is 1.38 bits per heavy atom. The molecule has 0 fully saturated rings. The van der Waals surface area contributed by atoms with Crippen molar-refractivity contribution in [3.05, 3.63) is 36.2 Å². The van der Waals surface area contributed by atoms with E-state index in [1.165, 1.54) is 11.8 Å². The highest BCUT2D eigenvalue weighted by Gasteiger charge is 2.14. The number of rotatable bonds is 6. The Hall–Kier alpha value is -1.67. The number of sulfonamides is 1. The van der Waals surface area contributed by atoms with Crippen LogP contribution in [0.1, 0.15) is 5.69 Å². The number of nitrogens with two attached hydrogens (primary N) is 1. The van der Waals surface area contributed by atoms with Gasteiger partial charge in [-0.25, -0.2) is 8.42 Å². The van der Waals surface area contributed by atoms with Crippen molar-refractivity contribution in [2.75, 3.05) is 22.0 Å². The molecule has 0 aliphatic rings. The van der Waals surface area contributed by atoms with Crippen molar-refractivity contribution >= 4 is 33.2 Å². The number of anilines is 2. The van der Waals surface area contributed by atoms with Crippen LogP contribution in [0.25, 0.3) is 0 Å². The van der Waals surface area contributed by atoms with E-state index in [0.717, 1.165) is 4.90 Å². The molecule has 1 heterocycles. The van der Waals surface area contributed by atoms with Gasteiger partial charge in [-0.2, -0.15) is 5.10 Å². The molecule has 114 valence electrons. The first-order valence-electron chi connectivity index (χ1n) is 6.35. The Kier molecular flexibility index (Phi) is 4.79. The maximum Gasteiger partial charge on any atom is 0.233 e. The Morgan fingerprint density at radius 2 is 2.10 bits per heavy atom. The molecule has 0 aliphatic carbocycles. The molecule has 8 heteroatoms. The summed E-state index contributed by atoms with van der Waals surface area (Å²) < 4.78 is 28.2. The molecular formula is C13H18N4O2S2. The lowest BCUT2D eigenvalue weighted by Gasteiger charge is -2.07. The van der Waals surface area contributed by atoms with Crippen molar-refractivity contribution < 1.29 is 8.42 Å². The molecule has 3 N–H and O–H groups in total. The molecule has 0 aliphatic heterocycles. The van der Waals surface area contributed by atoms with Crippen LogP contribution in [0, 0.1) is 6.92 Å². The average molecular weight is 326 g/mol. The van der Waals surface area contributed by atoms with E-state index in [0.29, 0.717) is 22.8 Å². The standard InChI is InChI=1S/C13H18N4O2S2/c1-10-12(9-17(2)15-10)16-21(18,19)8-7-20-13-6-4-3-5-11(13)14/h3-6,9,16H,7-8,14H2,1-2H3. The van der Waals surface area contributed by atoms with Crippen LogP contribution in [0.3, 0.4) is 0 Å². The summed E-state index contributed by atoms with van der Waals surface area (Å²) in [5, 5.41) is 4.10. The van der Waals surface area contributed by atoms with Crippen molar-refractivity contribution in [3.8, 4) is 0 Å². The first-order chi connectivity index (χ1) is 9.87. The zero-order valence-corrected chi connectivity index (χ0v) is 13.5. The number of aromatic nitrogens is 2. The predicted octanol–water partition coefficient (Wildman–Crippen LogP) is 1.84. The topological polar surface area (TPSA) is 90.0 Å². The molecule has 0 unspecified atom stereocenters. The minimum Gasteiger partial charge on any atom is -0.398 e. The summed E-state index contributed by atoms with van der Waals surface area (Å²) in [4.78, 5) is 0.894. The number of benzene rings is 1. The highest BCUT2D eigenvalue weighted by atomic mass is 32.2. The third-order valence-electron chi connectivity index (χ3n) is 2.81. The fraction of sp³-hybridized carbons (Fsp3) is 0.308. The molecule has 1 aromatic heterocycles. The number of nitrogens with one attached hydrogen (secondary N) is 1. The molecule has 0 amide bonds. The van der Waals surface area contributed by atoms with Crippen molar-refractivity contribution in [1.29, 1.82) is 0 Å². The maximum absolute atomic E-state index is 12.0. The molecule has 21 heavy (non-hydrogen) atoms. The van der Waals surface area contributed by atoms with Gasteiger partial charge in [0.05, 0.1) is 17.1 Å². The van der Waals surface area contributed by atoms with Gasteiger partial charge >= 0.3 is 0 Å². The molecule has 0 saturated heterocycles. The van der Waals surface area contributed by atoms with E-state index in [1.807, 2.05) is 18.2 Å². The molecule has 6 nitrogen and oxygen atoms in total. The van der Waals surface area contributed by atoms with Gasteiger partial charge in [0.25, 0.3) is 0 Å². The monoisotopic (exact) mass is 326 g/mol. The molecule has 0 spiro atoms. The number of para-hydroxylation sites is 1. The Morgan fingerprint density at radius 3 is 2.71 bits per heavy atom. The van der Waals surface area contributed by atoms with Crippen LogP contribution in [-0.4, -0.2) is 29.7 Å². The van der Waals surface area contributed by atoms with Gasteiger partial charge in [-0.1, -0.05) is 12.1 Å². The summed E-state index contributed by atoms with van der Waals surface area (Å²) in [6, 6.07) is 7.41. The van der Waals surface area contributed by atoms with Gasteiger partial charge in [0.1, 0.15) is 0 Å². The number of nitrogens with zero attached hydrogens (tertiary/aromatic N) is 2. The van der Waals surface area contributed by atoms with Crippen LogP contribution >= 0.6 is 11.8 Å². The van der Waals surface area contributed by atoms with Gasteiger partial charge in [0, 0.05) is 29.6 Å². The second kappa shape index (κ2) is 6.40. The summed E-state index contributed by atoms with van der Waals surface area (Å²) >= 11 is 1.43. The molecule has 0 atom stereocenters. The van der Waals surface area contributed by atoms with E-state index in [2.05, 4.69) is 9.82 Å². The quantitative estimate of drug-likeness (QED) is 0.624. The van der Waals surface area contributed by atoms with Gasteiger partial charge < -0.3 is 5.73 Å². The first-order valence-corrected chi connectivity index (χ1v) is 8.99. The number of aryl methyl sites for hydroxylation is 2. The molecule has 0 bridgehead atoms. The van der Waals surface area contributed by atoms with Crippen LogP contribution < -0.4 is 10.5 Å². The molecule has 2 aromatic rings. The van der Waals surface area contributed by atoms with E-state index < -0.39 is 10.0 Å². The zero-order chi connectivity index (χ0) is 15.5. The molecule has 0 radical (unpaired) electrons. The van der Waals surface area contributed by atoms with Crippen molar-refractivity contribution in [2.45, 2.75) is 11.8 Å². The lowest BCUT2D eigenvalue weighted by Crippen LogP contribution is -2.18. The van der Waals surface area contributed by atoms with Gasteiger partial charge in [-0.3, -0.25) is 9.40 Å². The summed E-state index contributed by atoms with van der Waals surface area (Å²) in [7, 11) is -1.64. The average Bonchev–Trinajstić information content (AvgIpc) is 2.69. The lowest BCUT2D eigenvalue weighted by atomic mass is 10.3. The van der Waals surface area contributed by atoms with Gasteiger partial charge in [0.15, 0.2) is 0 Å². The van der Waals surface area contributed by atoms with E-state index in [9.17, 15) is 8.42 Å². The van der Waals surface area contributed by atoms with E-state index in [4.69, 9.17) is 5.73 Å².